The van der Waals surface area contributed by atoms with Gasteiger partial charge in [-0.05, 0) is 81.0 Å². The van der Waals surface area contributed by atoms with Crippen molar-refractivity contribution in [3.63, 3.8) is 0 Å². The van der Waals surface area contributed by atoms with Crippen molar-refractivity contribution >= 4 is 17.4 Å². The molecule has 1 atom stereocenters. The van der Waals surface area contributed by atoms with Crippen molar-refractivity contribution in [1.82, 2.24) is 24.6 Å². The maximum absolute atomic E-state index is 12.8. The molecule has 2 aromatic heterocycles. The minimum absolute atomic E-state index is 0.0415. The zero-order valence-corrected chi connectivity index (χ0v) is 25.9. The first kappa shape index (κ1) is 31.7. The van der Waals surface area contributed by atoms with Crippen molar-refractivity contribution in [2.45, 2.75) is 58.9 Å². The summed E-state index contributed by atoms with van der Waals surface area (Å²) >= 11 is 1.45. The lowest BCUT2D eigenvalue weighted by Crippen LogP contribution is -2.32. The lowest BCUT2D eigenvalue weighted by Gasteiger charge is -2.13. The number of urea groups is 1. The molecule has 0 bridgehead atoms. The fraction of sp³-hybridized carbons (Fsp3) is 0.273. The van der Waals surface area contributed by atoms with Crippen LogP contribution in [0.3, 0.4) is 0 Å². The van der Waals surface area contributed by atoms with Gasteiger partial charge in [0.05, 0.1) is 11.4 Å². The molecular weight excluding hydrogens is 601 g/mol. The highest BCUT2D eigenvalue weighted by atomic mass is 32.1. The molecule has 5 aromatic rings. The molecule has 8 nitrogen and oxygen atoms in total. The van der Waals surface area contributed by atoms with E-state index in [9.17, 15) is 18.0 Å². The van der Waals surface area contributed by atoms with E-state index in [0.29, 0.717) is 16.3 Å². The summed E-state index contributed by atoms with van der Waals surface area (Å²) in [5.74, 6) is 0.196. The number of carbonyl (C=O) groups is 1. The summed E-state index contributed by atoms with van der Waals surface area (Å²) in [4.78, 5) is 22.2. The molecule has 1 N–H and O–H groups in total. The normalized spacial score (nSPS) is 12.7. The van der Waals surface area contributed by atoms with Crippen LogP contribution in [0.15, 0.2) is 89.5 Å². The average molecular weight is 635 g/mol. The van der Waals surface area contributed by atoms with Crippen molar-refractivity contribution in [1.29, 1.82) is 0 Å². The van der Waals surface area contributed by atoms with Crippen molar-refractivity contribution in [3.05, 3.63) is 106 Å². The second-order valence-corrected chi connectivity index (χ2v) is 11.4. The molecule has 0 aliphatic carbocycles. The van der Waals surface area contributed by atoms with Crippen LogP contribution in [0, 0.1) is 6.92 Å². The van der Waals surface area contributed by atoms with Gasteiger partial charge in [-0.2, -0.15) is 4.99 Å². The second-order valence-electron chi connectivity index (χ2n) is 10.6. The number of para-hydroxylation sites is 1. The zero-order valence-electron chi connectivity index (χ0n) is 25.1. The van der Waals surface area contributed by atoms with E-state index in [4.69, 9.17) is 0 Å². The molecule has 12 heteroatoms. The van der Waals surface area contributed by atoms with E-state index in [1.54, 1.807) is 0 Å². The molecule has 0 aliphatic rings. The number of nitrogens with one attached hydrogen (secondary N) is 1. The van der Waals surface area contributed by atoms with Crippen LogP contribution in [0.5, 0.6) is 5.75 Å². The molecule has 0 fully saturated rings. The Morgan fingerprint density at radius 1 is 1.07 bits per heavy atom. The lowest BCUT2D eigenvalue weighted by atomic mass is 10.0. The fourth-order valence-corrected chi connectivity index (χ4v) is 5.81. The molecule has 5 rings (SSSR count). The Labute approximate surface area is 262 Å². The van der Waals surface area contributed by atoms with Crippen molar-refractivity contribution in [3.8, 4) is 28.5 Å². The Morgan fingerprint density at radius 3 is 2.51 bits per heavy atom. The lowest BCUT2D eigenvalue weighted by molar-refractivity contribution is -0.274. The molecule has 0 radical (unpaired) electrons. The average Bonchev–Trinajstić information content (AvgIpc) is 3.64. The van der Waals surface area contributed by atoms with Crippen molar-refractivity contribution in [2.75, 3.05) is 0 Å². The fourth-order valence-electron chi connectivity index (χ4n) is 4.95. The number of aryl methyl sites for hydroxylation is 3. The number of halogens is 3. The Hall–Kier alpha value is -4.71. The predicted molar refractivity (Wildman–Crippen MR) is 168 cm³/mol. The van der Waals surface area contributed by atoms with Gasteiger partial charge < -0.3 is 10.1 Å². The highest BCUT2D eigenvalue weighted by Gasteiger charge is 2.31. The maximum Gasteiger partial charge on any atom is 0.573 e. The molecule has 2 heterocycles. The number of nitrogens with zero attached hydrogens (tertiary/aromatic N) is 5. The van der Waals surface area contributed by atoms with Gasteiger partial charge in [-0.15, -0.1) is 29.6 Å². The minimum atomic E-state index is -4.74. The van der Waals surface area contributed by atoms with Gasteiger partial charge in [0.1, 0.15) is 12.1 Å². The number of rotatable bonds is 10. The molecule has 0 saturated heterocycles. The first-order valence-corrected chi connectivity index (χ1v) is 15.5. The van der Waals surface area contributed by atoms with Gasteiger partial charge in [0.15, 0.2) is 10.6 Å². The molecule has 234 valence electrons. The van der Waals surface area contributed by atoms with Crippen LogP contribution in [0.25, 0.3) is 22.8 Å². The molecule has 2 amide bonds. The van der Waals surface area contributed by atoms with Gasteiger partial charge in [-0.3, -0.25) is 4.57 Å². The molecule has 3 aromatic carbocycles. The van der Waals surface area contributed by atoms with E-state index in [1.807, 2.05) is 60.2 Å². The van der Waals surface area contributed by atoms with E-state index in [0.717, 1.165) is 48.2 Å². The highest BCUT2D eigenvalue weighted by molar-refractivity contribution is 7.07. The maximum atomic E-state index is 12.8. The standard InChI is InChI=1S/C33H33F3N6O2S/c1-4-25-10-5-6-11-29(25)42-23(3)20-45-32(42)39-31(43)38-22(2)8-7-9-24-12-14-26(15-13-24)30-37-21-41(40-30)27-16-18-28(19-17-27)44-33(34,35)36/h5-6,10-22H,4,7-9H2,1-3H3,(H,38,43). The van der Waals surface area contributed by atoms with Crippen LogP contribution in [-0.2, 0) is 12.8 Å². The summed E-state index contributed by atoms with van der Waals surface area (Å²) in [7, 11) is 0. The van der Waals surface area contributed by atoms with Gasteiger partial charge >= 0.3 is 12.4 Å². The van der Waals surface area contributed by atoms with Crippen molar-refractivity contribution < 1.29 is 22.7 Å². The van der Waals surface area contributed by atoms with Crippen LogP contribution in [0.1, 0.15) is 43.5 Å². The highest BCUT2D eigenvalue weighted by Crippen LogP contribution is 2.24. The number of carbonyl (C=O) groups excluding carboxylic acids is 1. The Balaban J connectivity index is 1.13. The van der Waals surface area contributed by atoms with E-state index >= 15 is 0 Å². The Morgan fingerprint density at radius 2 is 1.80 bits per heavy atom. The van der Waals surface area contributed by atoms with E-state index < -0.39 is 6.36 Å². The number of thiazole rings is 1. The monoisotopic (exact) mass is 634 g/mol. The molecule has 0 aliphatic heterocycles. The number of amides is 2. The van der Waals surface area contributed by atoms with Crippen LogP contribution in [0.2, 0.25) is 0 Å². The molecule has 0 spiro atoms. The van der Waals surface area contributed by atoms with E-state index in [1.165, 1.54) is 52.2 Å². The predicted octanol–water partition coefficient (Wildman–Crippen LogP) is 7.58. The third-order valence-corrected chi connectivity index (χ3v) is 8.14. The van der Waals surface area contributed by atoms with E-state index in [-0.39, 0.29) is 17.8 Å². The van der Waals surface area contributed by atoms with Gasteiger partial charge in [0, 0.05) is 22.7 Å². The van der Waals surface area contributed by atoms with Crippen LogP contribution < -0.4 is 14.9 Å². The number of hydrogen-bond donors (Lipinski definition) is 1. The van der Waals surface area contributed by atoms with E-state index in [2.05, 4.69) is 44.2 Å². The van der Waals surface area contributed by atoms with Crippen LogP contribution in [0.4, 0.5) is 18.0 Å². The summed E-state index contributed by atoms with van der Waals surface area (Å²) < 4.78 is 44.7. The first-order chi connectivity index (χ1) is 21.6. The third kappa shape index (κ3) is 8.27. The summed E-state index contributed by atoms with van der Waals surface area (Å²) in [6, 6.07) is 21.1. The summed E-state index contributed by atoms with van der Waals surface area (Å²) in [6.45, 7) is 6.11. The molecule has 45 heavy (non-hydrogen) atoms. The number of aromatic nitrogens is 4. The summed E-state index contributed by atoms with van der Waals surface area (Å²) in [6.07, 6.45) is 0.162. The number of hydrogen-bond acceptors (Lipinski definition) is 5. The summed E-state index contributed by atoms with van der Waals surface area (Å²) in [5, 5.41) is 9.46. The van der Waals surface area contributed by atoms with Gasteiger partial charge in [0.25, 0.3) is 0 Å². The van der Waals surface area contributed by atoms with Gasteiger partial charge in [-0.1, -0.05) is 49.4 Å². The summed E-state index contributed by atoms with van der Waals surface area (Å²) in [5.41, 5.74) is 5.79. The van der Waals surface area contributed by atoms with Crippen LogP contribution in [-0.4, -0.2) is 37.8 Å². The van der Waals surface area contributed by atoms with Gasteiger partial charge in [0.2, 0.25) is 0 Å². The Kier molecular flexibility index (Phi) is 9.82. The smallest absolute Gasteiger partial charge is 0.406 e. The largest absolute Gasteiger partial charge is 0.573 e. The quantitative estimate of drug-likeness (QED) is 0.172. The SMILES string of the molecule is CCc1ccccc1-n1c(C)csc1=NC(=O)NC(C)CCCc1ccc(-c2ncn(-c3ccc(OC(F)(F)F)cc3)n2)cc1. The van der Waals surface area contributed by atoms with Gasteiger partial charge in [-0.25, -0.2) is 14.5 Å². The van der Waals surface area contributed by atoms with Crippen molar-refractivity contribution in [2.24, 2.45) is 4.99 Å². The number of alkyl halides is 3. The molecule has 0 saturated carbocycles. The Bertz CT molecular complexity index is 1810. The first-order valence-electron chi connectivity index (χ1n) is 14.6. The molecular formula is C33H33F3N6O2S. The second kappa shape index (κ2) is 13.9. The zero-order chi connectivity index (χ0) is 32.0. The molecule has 1 unspecified atom stereocenters. The minimum Gasteiger partial charge on any atom is -0.406 e. The topological polar surface area (TPSA) is 86.3 Å². The van der Waals surface area contributed by atoms with Crippen LogP contribution >= 0.6 is 11.3 Å². The third-order valence-electron chi connectivity index (χ3n) is 7.20. The number of ether oxygens (including phenoxy) is 1. The number of benzene rings is 3.